The highest BCUT2D eigenvalue weighted by atomic mass is 15.2. The molecule has 1 unspecified atom stereocenters. The Hall–Kier alpha value is -0.0800. The van der Waals surface area contributed by atoms with Crippen molar-refractivity contribution in [3.05, 3.63) is 0 Å². The highest BCUT2D eigenvalue weighted by Gasteiger charge is 2.16. The van der Waals surface area contributed by atoms with E-state index in [0.29, 0.717) is 0 Å². The number of hydrogen-bond acceptors (Lipinski definition) is 2. The second kappa shape index (κ2) is 4.73. The molecule has 1 rings (SSSR count). The molecule has 2 heteroatoms. The third kappa shape index (κ3) is 2.80. The zero-order valence-corrected chi connectivity index (χ0v) is 7.77. The molecule has 2 nitrogen and oxygen atoms in total. The van der Waals surface area contributed by atoms with E-state index in [1.54, 1.807) is 0 Å². The van der Waals surface area contributed by atoms with Crippen LogP contribution in [0.5, 0.6) is 0 Å². The Morgan fingerprint density at radius 1 is 1.55 bits per heavy atom. The van der Waals surface area contributed by atoms with Crippen LogP contribution in [-0.2, 0) is 0 Å². The second-order valence-electron chi connectivity index (χ2n) is 3.48. The monoisotopic (exact) mass is 156 g/mol. The van der Waals surface area contributed by atoms with Crippen LogP contribution in [0.2, 0.25) is 0 Å². The average Bonchev–Trinajstić information content (AvgIpc) is 2.03. The maximum absolute atomic E-state index is 3.43. The molecule has 0 aromatic rings. The molecule has 0 amide bonds. The molecule has 1 fully saturated rings. The lowest BCUT2D eigenvalue weighted by Gasteiger charge is -2.33. The molecule has 66 valence electrons. The molecule has 1 N–H and O–H groups in total. The van der Waals surface area contributed by atoms with Gasteiger partial charge in [-0.1, -0.05) is 19.8 Å². The van der Waals surface area contributed by atoms with E-state index in [9.17, 15) is 0 Å². The highest BCUT2D eigenvalue weighted by molar-refractivity contribution is 4.76. The number of unbranched alkanes of at least 4 members (excludes halogenated alkanes) is 1. The first-order valence-electron chi connectivity index (χ1n) is 4.75. The SMILES string of the molecule is CCCCC1CNCCN1C. The summed E-state index contributed by atoms with van der Waals surface area (Å²) >= 11 is 0. The van der Waals surface area contributed by atoms with Gasteiger partial charge in [0.05, 0.1) is 0 Å². The molecule has 1 aliphatic heterocycles. The third-order valence-electron chi connectivity index (χ3n) is 2.54. The molecule has 0 aromatic heterocycles. The fourth-order valence-corrected chi connectivity index (χ4v) is 1.62. The van der Waals surface area contributed by atoms with Gasteiger partial charge in [-0.05, 0) is 13.5 Å². The maximum Gasteiger partial charge on any atom is 0.0218 e. The van der Waals surface area contributed by atoms with Crippen LogP contribution in [-0.4, -0.2) is 37.6 Å². The van der Waals surface area contributed by atoms with Gasteiger partial charge in [0.2, 0.25) is 0 Å². The Labute approximate surface area is 70.0 Å². The number of hydrogen-bond donors (Lipinski definition) is 1. The molecule has 0 spiro atoms. The zero-order valence-electron chi connectivity index (χ0n) is 7.77. The van der Waals surface area contributed by atoms with E-state index in [2.05, 4.69) is 24.2 Å². The highest BCUT2D eigenvalue weighted by Crippen LogP contribution is 2.08. The normalized spacial score (nSPS) is 27.3. The van der Waals surface area contributed by atoms with Gasteiger partial charge in [-0.2, -0.15) is 0 Å². The van der Waals surface area contributed by atoms with Crippen LogP contribution in [0.25, 0.3) is 0 Å². The summed E-state index contributed by atoms with van der Waals surface area (Å²) in [6.07, 6.45) is 4.06. The van der Waals surface area contributed by atoms with Gasteiger partial charge < -0.3 is 10.2 Å². The van der Waals surface area contributed by atoms with Crippen molar-refractivity contribution in [2.75, 3.05) is 26.7 Å². The van der Waals surface area contributed by atoms with E-state index >= 15 is 0 Å². The predicted octanol–water partition coefficient (Wildman–Crippen LogP) is 1.08. The molecule has 1 aliphatic rings. The average molecular weight is 156 g/mol. The number of rotatable bonds is 3. The van der Waals surface area contributed by atoms with Gasteiger partial charge in [-0.3, -0.25) is 0 Å². The van der Waals surface area contributed by atoms with E-state index in [-0.39, 0.29) is 0 Å². The second-order valence-corrected chi connectivity index (χ2v) is 3.48. The minimum atomic E-state index is 0.795. The summed E-state index contributed by atoms with van der Waals surface area (Å²) in [5.74, 6) is 0. The van der Waals surface area contributed by atoms with Crippen LogP contribution in [0.4, 0.5) is 0 Å². The van der Waals surface area contributed by atoms with Crippen molar-refractivity contribution in [1.29, 1.82) is 0 Å². The minimum absolute atomic E-state index is 0.795. The van der Waals surface area contributed by atoms with Crippen LogP contribution in [0, 0.1) is 0 Å². The van der Waals surface area contributed by atoms with Gasteiger partial charge >= 0.3 is 0 Å². The van der Waals surface area contributed by atoms with Crippen molar-refractivity contribution in [2.45, 2.75) is 32.2 Å². The van der Waals surface area contributed by atoms with Crippen molar-refractivity contribution in [1.82, 2.24) is 10.2 Å². The largest absolute Gasteiger partial charge is 0.314 e. The molecule has 11 heavy (non-hydrogen) atoms. The first-order chi connectivity index (χ1) is 5.34. The Kier molecular flexibility index (Phi) is 3.87. The third-order valence-corrected chi connectivity index (χ3v) is 2.54. The smallest absolute Gasteiger partial charge is 0.0218 e. The molecular formula is C9H20N2. The molecule has 0 aromatic carbocycles. The molecule has 1 heterocycles. The summed E-state index contributed by atoms with van der Waals surface area (Å²) in [6.45, 7) is 5.83. The standard InChI is InChI=1S/C9H20N2/c1-3-4-5-9-8-10-6-7-11(9)2/h9-10H,3-8H2,1-2H3. The van der Waals surface area contributed by atoms with Crippen LogP contribution < -0.4 is 5.32 Å². The van der Waals surface area contributed by atoms with Gasteiger partial charge in [0, 0.05) is 25.7 Å². The molecular weight excluding hydrogens is 136 g/mol. The van der Waals surface area contributed by atoms with Crippen molar-refractivity contribution in [2.24, 2.45) is 0 Å². The van der Waals surface area contributed by atoms with Crippen molar-refractivity contribution >= 4 is 0 Å². The summed E-state index contributed by atoms with van der Waals surface area (Å²) in [4.78, 5) is 2.48. The number of likely N-dealkylation sites (N-methyl/N-ethyl adjacent to an activating group) is 1. The molecule has 1 atom stereocenters. The van der Waals surface area contributed by atoms with Crippen LogP contribution >= 0.6 is 0 Å². The number of piperazine rings is 1. The topological polar surface area (TPSA) is 15.3 Å². The van der Waals surface area contributed by atoms with Gasteiger partial charge in [0.25, 0.3) is 0 Å². The summed E-state index contributed by atoms with van der Waals surface area (Å²) in [7, 11) is 2.24. The lowest BCUT2D eigenvalue weighted by molar-refractivity contribution is 0.188. The van der Waals surface area contributed by atoms with E-state index in [1.807, 2.05) is 0 Å². The van der Waals surface area contributed by atoms with Gasteiger partial charge in [0.15, 0.2) is 0 Å². The molecule has 0 radical (unpaired) electrons. The lowest BCUT2D eigenvalue weighted by Crippen LogP contribution is -2.49. The van der Waals surface area contributed by atoms with E-state index in [4.69, 9.17) is 0 Å². The van der Waals surface area contributed by atoms with Crippen LogP contribution in [0.3, 0.4) is 0 Å². The Morgan fingerprint density at radius 3 is 3.00 bits per heavy atom. The van der Waals surface area contributed by atoms with Gasteiger partial charge in [0.1, 0.15) is 0 Å². The van der Waals surface area contributed by atoms with Crippen LogP contribution in [0.15, 0.2) is 0 Å². The summed E-state index contributed by atoms with van der Waals surface area (Å²) < 4.78 is 0. The van der Waals surface area contributed by atoms with Gasteiger partial charge in [-0.15, -0.1) is 0 Å². The van der Waals surface area contributed by atoms with E-state index < -0.39 is 0 Å². The van der Waals surface area contributed by atoms with Crippen molar-refractivity contribution in [3.63, 3.8) is 0 Å². The molecule has 0 bridgehead atoms. The quantitative estimate of drug-likeness (QED) is 0.658. The number of nitrogens with zero attached hydrogens (tertiary/aromatic N) is 1. The minimum Gasteiger partial charge on any atom is -0.314 e. The summed E-state index contributed by atoms with van der Waals surface area (Å²) in [6, 6.07) is 0.795. The Balaban J connectivity index is 2.18. The maximum atomic E-state index is 3.43. The molecule has 0 saturated carbocycles. The Morgan fingerprint density at radius 2 is 2.36 bits per heavy atom. The molecule has 1 saturated heterocycles. The van der Waals surface area contributed by atoms with Crippen molar-refractivity contribution < 1.29 is 0 Å². The molecule has 0 aliphatic carbocycles. The first kappa shape index (κ1) is 9.01. The first-order valence-corrected chi connectivity index (χ1v) is 4.75. The zero-order chi connectivity index (χ0) is 8.10. The van der Waals surface area contributed by atoms with Gasteiger partial charge in [-0.25, -0.2) is 0 Å². The van der Waals surface area contributed by atoms with E-state index in [0.717, 1.165) is 6.04 Å². The number of nitrogens with one attached hydrogen (secondary N) is 1. The summed E-state index contributed by atoms with van der Waals surface area (Å²) in [5.41, 5.74) is 0. The fraction of sp³-hybridized carbons (Fsp3) is 1.00. The fourth-order valence-electron chi connectivity index (χ4n) is 1.62. The predicted molar refractivity (Wildman–Crippen MR) is 48.8 cm³/mol. The lowest BCUT2D eigenvalue weighted by atomic mass is 10.1. The summed E-state index contributed by atoms with van der Waals surface area (Å²) in [5, 5.41) is 3.43. The van der Waals surface area contributed by atoms with Crippen molar-refractivity contribution in [3.8, 4) is 0 Å². The van der Waals surface area contributed by atoms with E-state index in [1.165, 1.54) is 38.9 Å². The Bertz CT molecular complexity index is 104. The van der Waals surface area contributed by atoms with Crippen LogP contribution in [0.1, 0.15) is 26.2 Å².